The zero-order valence-corrected chi connectivity index (χ0v) is 17.3. The first-order valence-corrected chi connectivity index (χ1v) is 10.9. The summed E-state index contributed by atoms with van der Waals surface area (Å²) >= 11 is 1.65. The van der Waals surface area contributed by atoms with Crippen molar-refractivity contribution in [2.75, 3.05) is 0 Å². The second kappa shape index (κ2) is 7.42. The molecule has 3 nitrogen and oxygen atoms in total. The fourth-order valence-corrected chi connectivity index (χ4v) is 4.80. The van der Waals surface area contributed by atoms with E-state index < -0.39 is 0 Å². The molecule has 3 aromatic carbocycles. The average molecular weight is 420 g/mol. The number of rotatable bonds is 4. The first-order chi connectivity index (χ1) is 15.4. The molecular formula is C27H17NO2S. The zero-order valence-electron chi connectivity index (χ0n) is 16.5. The summed E-state index contributed by atoms with van der Waals surface area (Å²) in [5.41, 5.74) is 4.88. The highest BCUT2D eigenvalue weighted by atomic mass is 32.1. The third kappa shape index (κ3) is 3.00. The Bertz CT molecular complexity index is 1460. The molecule has 0 aliphatic carbocycles. The molecule has 3 heterocycles. The molecular weight excluding hydrogens is 402 g/mol. The Labute approximate surface area is 183 Å². The number of fused-ring (bicyclic) bond motifs is 1. The number of hydrogen-bond acceptors (Lipinski definition) is 4. The Morgan fingerprint density at radius 1 is 0.677 bits per heavy atom. The van der Waals surface area contributed by atoms with Gasteiger partial charge in [0.2, 0.25) is 0 Å². The molecule has 0 unspecified atom stereocenters. The van der Waals surface area contributed by atoms with Gasteiger partial charge >= 0.3 is 0 Å². The number of hydrogen-bond donors (Lipinski definition) is 0. The summed E-state index contributed by atoms with van der Waals surface area (Å²) in [5, 5.41) is 8.72. The number of aromatic nitrogens is 1. The summed E-state index contributed by atoms with van der Waals surface area (Å²) in [7, 11) is 0. The SMILES string of the molecule is c1ccc(-c2oc(-c3cccs3)c(-c3ccon3)c2-c2cccc3ccccc23)cc1. The molecule has 0 aliphatic rings. The fraction of sp³-hybridized carbons (Fsp3) is 0. The van der Waals surface area contributed by atoms with Crippen molar-refractivity contribution in [3.63, 3.8) is 0 Å². The molecule has 0 saturated carbocycles. The van der Waals surface area contributed by atoms with Crippen molar-refractivity contribution in [2.45, 2.75) is 0 Å². The molecule has 0 atom stereocenters. The molecule has 0 saturated heterocycles. The highest BCUT2D eigenvalue weighted by Crippen LogP contribution is 2.50. The number of benzene rings is 3. The Morgan fingerprint density at radius 3 is 2.32 bits per heavy atom. The van der Waals surface area contributed by atoms with Gasteiger partial charge in [0.05, 0.1) is 10.4 Å². The van der Waals surface area contributed by atoms with Gasteiger partial charge in [0.15, 0.2) is 5.76 Å². The van der Waals surface area contributed by atoms with Crippen LogP contribution in [-0.2, 0) is 0 Å². The van der Waals surface area contributed by atoms with Crippen molar-refractivity contribution < 1.29 is 8.94 Å². The Kier molecular flexibility index (Phi) is 4.29. The standard InChI is InChI=1S/C27H17NO2S/c1-2-9-19(10-3-1)26-24(21-13-6-11-18-8-4-5-12-20(18)21)25(22-15-16-29-28-22)27(30-26)23-14-7-17-31-23/h1-17H. The van der Waals surface area contributed by atoms with Gasteiger partial charge < -0.3 is 8.94 Å². The van der Waals surface area contributed by atoms with Crippen molar-refractivity contribution in [2.24, 2.45) is 0 Å². The van der Waals surface area contributed by atoms with Crippen LogP contribution in [0.5, 0.6) is 0 Å². The zero-order chi connectivity index (χ0) is 20.6. The summed E-state index contributed by atoms with van der Waals surface area (Å²) in [6.07, 6.45) is 1.61. The first kappa shape index (κ1) is 17.9. The predicted octanol–water partition coefficient (Wildman–Crippen LogP) is 8.15. The van der Waals surface area contributed by atoms with Crippen molar-refractivity contribution in [3.8, 4) is 44.3 Å². The predicted molar refractivity (Wildman–Crippen MR) is 126 cm³/mol. The molecule has 0 spiro atoms. The smallest absolute Gasteiger partial charge is 0.154 e. The van der Waals surface area contributed by atoms with Gasteiger partial charge in [0.25, 0.3) is 0 Å². The third-order valence-electron chi connectivity index (χ3n) is 5.44. The lowest BCUT2D eigenvalue weighted by Crippen LogP contribution is -1.87. The van der Waals surface area contributed by atoms with Crippen LogP contribution >= 0.6 is 11.3 Å². The van der Waals surface area contributed by atoms with Crippen LogP contribution in [0.15, 0.2) is 112 Å². The Balaban J connectivity index is 1.77. The Morgan fingerprint density at radius 2 is 1.52 bits per heavy atom. The minimum Gasteiger partial charge on any atom is -0.454 e. The minimum atomic E-state index is 0.761. The van der Waals surface area contributed by atoms with Gasteiger partial charge in [-0.1, -0.05) is 84.0 Å². The molecule has 0 amide bonds. The molecule has 4 heteroatoms. The Hall–Kier alpha value is -3.89. The van der Waals surface area contributed by atoms with Crippen molar-refractivity contribution in [3.05, 3.63) is 103 Å². The van der Waals surface area contributed by atoms with Crippen LogP contribution in [0, 0.1) is 0 Å². The van der Waals surface area contributed by atoms with E-state index in [9.17, 15) is 0 Å². The maximum absolute atomic E-state index is 6.63. The van der Waals surface area contributed by atoms with Crippen LogP contribution in [-0.4, -0.2) is 5.16 Å². The second-order valence-corrected chi connectivity index (χ2v) is 8.21. The molecule has 31 heavy (non-hydrogen) atoms. The lowest BCUT2D eigenvalue weighted by atomic mass is 9.91. The van der Waals surface area contributed by atoms with Crippen molar-refractivity contribution in [1.29, 1.82) is 0 Å². The van der Waals surface area contributed by atoms with E-state index in [-0.39, 0.29) is 0 Å². The largest absolute Gasteiger partial charge is 0.454 e. The van der Waals surface area contributed by atoms with Crippen LogP contribution in [0.25, 0.3) is 55.1 Å². The van der Waals surface area contributed by atoms with Crippen LogP contribution in [0.2, 0.25) is 0 Å². The fourth-order valence-electron chi connectivity index (χ4n) is 4.09. The number of furan rings is 1. The van der Waals surface area contributed by atoms with E-state index in [1.807, 2.05) is 30.3 Å². The third-order valence-corrected chi connectivity index (χ3v) is 6.31. The molecule has 6 aromatic rings. The summed E-state index contributed by atoms with van der Waals surface area (Å²) in [4.78, 5) is 1.06. The minimum absolute atomic E-state index is 0.761. The highest BCUT2D eigenvalue weighted by molar-refractivity contribution is 7.13. The van der Waals surface area contributed by atoms with E-state index in [2.05, 4.69) is 71.2 Å². The maximum Gasteiger partial charge on any atom is 0.154 e. The molecule has 0 bridgehead atoms. The average Bonchev–Trinajstić information content (AvgIpc) is 3.59. The van der Waals surface area contributed by atoms with Gasteiger partial charge in [-0.3, -0.25) is 0 Å². The molecule has 3 aromatic heterocycles. The van der Waals surface area contributed by atoms with E-state index in [0.29, 0.717) is 0 Å². The normalized spacial score (nSPS) is 11.2. The molecule has 0 radical (unpaired) electrons. The summed E-state index contributed by atoms with van der Waals surface area (Å²) < 4.78 is 11.9. The van der Waals surface area contributed by atoms with E-state index in [4.69, 9.17) is 8.94 Å². The van der Waals surface area contributed by atoms with Gasteiger partial charge in [0.1, 0.15) is 17.7 Å². The summed E-state index contributed by atoms with van der Waals surface area (Å²) in [6.45, 7) is 0. The van der Waals surface area contributed by atoms with Crippen molar-refractivity contribution in [1.82, 2.24) is 5.16 Å². The van der Waals surface area contributed by atoms with Crippen LogP contribution in [0.4, 0.5) is 0 Å². The summed E-state index contributed by atoms with van der Waals surface area (Å²) in [6, 6.07) is 31.1. The van der Waals surface area contributed by atoms with E-state index in [0.717, 1.165) is 44.3 Å². The van der Waals surface area contributed by atoms with Crippen molar-refractivity contribution >= 4 is 22.1 Å². The number of thiophene rings is 1. The highest BCUT2D eigenvalue weighted by Gasteiger charge is 2.27. The van der Waals surface area contributed by atoms with Gasteiger partial charge in [-0.05, 0) is 27.8 Å². The quantitative estimate of drug-likeness (QED) is 0.289. The monoisotopic (exact) mass is 419 g/mol. The molecule has 6 rings (SSSR count). The van der Waals surface area contributed by atoms with Crippen LogP contribution < -0.4 is 0 Å². The lowest BCUT2D eigenvalue weighted by molar-refractivity contribution is 0.422. The molecule has 148 valence electrons. The van der Waals surface area contributed by atoms with E-state index >= 15 is 0 Å². The van der Waals surface area contributed by atoms with E-state index in [1.54, 1.807) is 17.6 Å². The van der Waals surface area contributed by atoms with Crippen LogP contribution in [0.3, 0.4) is 0 Å². The van der Waals surface area contributed by atoms with Crippen LogP contribution in [0.1, 0.15) is 0 Å². The second-order valence-electron chi connectivity index (χ2n) is 7.27. The van der Waals surface area contributed by atoms with Gasteiger partial charge in [0, 0.05) is 17.2 Å². The van der Waals surface area contributed by atoms with Gasteiger partial charge in [-0.25, -0.2) is 0 Å². The van der Waals surface area contributed by atoms with E-state index in [1.165, 1.54) is 10.8 Å². The van der Waals surface area contributed by atoms with Gasteiger partial charge in [-0.15, -0.1) is 11.3 Å². The molecule has 0 fully saturated rings. The maximum atomic E-state index is 6.63. The molecule has 0 aliphatic heterocycles. The first-order valence-electron chi connectivity index (χ1n) is 10.0. The van der Waals surface area contributed by atoms with Gasteiger partial charge in [-0.2, -0.15) is 0 Å². The lowest BCUT2D eigenvalue weighted by Gasteiger charge is -2.09. The molecule has 0 N–H and O–H groups in total. The number of nitrogens with zero attached hydrogens (tertiary/aromatic N) is 1. The summed E-state index contributed by atoms with van der Waals surface area (Å²) in [5.74, 6) is 1.64. The topological polar surface area (TPSA) is 39.2 Å².